The molecule has 1 saturated heterocycles. The first-order chi connectivity index (χ1) is 12.1. The molecule has 3 rings (SSSR count). The number of aromatic nitrogens is 2. The molecule has 1 fully saturated rings. The fraction of sp³-hybridized carbons (Fsp3) is 0.526. The molecule has 134 valence electrons. The molecule has 6 heteroatoms. The van der Waals surface area contributed by atoms with Crippen LogP contribution in [0.1, 0.15) is 39.0 Å². The van der Waals surface area contributed by atoms with Crippen molar-refractivity contribution in [2.24, 2.45) is 5.92 Å². The Kier molecular flexibility index (Phi) is 5.36. The van der Waals surface area contributed by atoms with Crippen LogP contribution in [0, 0.1) is 5.92 Å². The van der Waals surface area contributed by atoms with Crippen LogP contribution in [-0.4, -0.2) is 40.6 Å². The molecule has 0 unspecified atom stereocenters. The van der Waals surface area contributed by atoms with E-state index in [-0.39, 0.29) is 5.91 Å². The number of carbonyl (C=O) groups excluding carboxylic acids is 1. The van der Waals surface area contributed by atoms with Crippen molar-refractivity contribution in [3.63, 3.8) is 0 Å². The fourth-order valence-electron chi connectivity index (χ4n) is 3.37. The third-order valence-corrected chi connectivity index (χ3v) is 4.76. The maximum atomic E-state index is 12.5. The van der Waals surface area contributed by atoms with Crippen LogP contribution in [0.2, 0.25) is 0 Å². The summed E-state index contributed by atoms with van der Waals surface area (Å²) in [6.07, 6.45) is 3.08. The number of aryl methyl sites for hydroxylation is 1. The summed E-state index contributed by atoms with van der Waals surface area (Å²) >= 11 is 0. The minimum absolute atomic E-state index is 0.181. The largest absolute Gasteiger partial charge is 0.497 e. The molecule has 1 aliphatic rings. The average molecular weight is 343 g/mol. The number of hydrogen-bond acceptors (Lipinski definition) is 5. The van der Waals surface area contributed by atoms with E-state index in [0.717, 1.165) is 30.7 Å². The van der Waals surface area contributed by atoms with Crippen molar-refractivity contribution in [3.8, 4) is 17.1 Å². The highest BCUT2D eigenvalue weighted by Crippen LogP contribution is 2.25. The molecule has 6 nitrogen and oxygen atoms in total. The van der Waals surface area contributed by atoms with Gasteiger partial charge in [0.05, 0.1) is 7.11 Å². The number of likely N-dealkylation sites (tertiary alicyclic amines) is 1. The van der Waals surface area contributed by atoms with Crippen molar-refractivity contribution >= 4 is 5.91 Å². The van der Waals surface area contributed by atoms with Crippen LogP contribution in [-0.2, 0) is 11.2 Å². The zero-order chi connectivity index (χ0) is 17.8. The van der Waals surface area contributed by atoms with Gasteiger partial charge in [0, 0.05) is 31.0 Å². The second-order valence-electron chi connectivity index (χ2n) is 6.78. The van der Waals surface area contributed by atoms with E-state index >= 15 is 0 Å². The maximum absolute atomic E-state index is 12.5. The predicted molar refractivity (Wildman–Crippen MR) is 94.2 cm³/mol. The molecule has 1 aliphatic heterocycles. The molecule has 2 aromatic rings. The zero-order valence-corrected chi connectivity index (χ0v) is 15.1. The van der Waals surface area contributed by atoms with Crippen molar-refractivity contribution in [3.05, 3.63) is 30.2 Å². The van der Waals surface area contributed by atoms with Gasteiger partial charge in [0.1, 0.15) is 5.75 Å². The molecule has 1 aromatic carbocycles. The van der Waals surface area contributed by atoms with Gasteiger partial charge in [0.15, 0.2) is 0 Å². The number of nitrogens with zero attached hydrogens (tertiary/aromatic N) is 3. The molecule has 0 saturated carbocycles. The van der Waals surface area contributed by atoms with E-state index < -0.39 is 0 Å². The summed E-state index contributed by atoms with van der Waals surface area (Å²) in [7, 11) is 1.63. The van der Waals surface area contributed by atoms with Crippen LogP contribution in [0.5, 0.6) is 5.75 Å². The van der Waals surface area contributed by atoms with Crippen molar-refractivity contribution in [2.45, 2.75) is 45.6 Å². The molecule has 0 radical (unpaired) electrons. The molecular formula is C19H25N3O3. The van der Waals surface area contributed by atoms with E-state index in [1.54, 1.807) is 7.11 Å². The first-order valence-corrected chi connectivity index (χ1v) is 8.85. The maximum Gasteiger partial charge on any atom is 0.227 e. The van der Waals surface area contributed by atoms with Crippen LogP contribution in [0.3, 0.4) is 0 Å². The third kappa shape index (κ3) is 4.00. The van der Waals surface area contributed by atoms with Crippen LogP contribution >= 0.6 is 0 Å². The second-order valence-corrected chi connectivity index (χ2v) is 6.78. The standard InChI is InChI=1S/C19H25N3O3/c1-13(2)16-5-4-12-22(16)18(23)11-10-17-20-19(21-25-17)14-6-8-15(24-3)9-7-14/h6-9,13,16H,4-5,10-12H2,1-3H3/t16-/m0/s1. The minimum Gasteiger partial charge on any atom is -0.497 e. The van der Waals surface area contributed by atoms with Gasteiger partial charge in [-0.25, -0.2) is 0 Å². The molecule has 1 aromatic heterocycles. The number of amides is 1. The van der Waals surface area contributed by atoms with Gasteiger partial charge < -0.3 is 14.2 Å². The third-order valence-electron chi connectivity index (χ3n) is 4.76. The Balaban J connectivity index is 1.59. The highest BCUT2D eigenvalue weighted by molar-refractivity contribution is 5.77. The highest BCUT2D eigenvalue weighted by Gasteiger charge is 2.30. The van der Waals surface area contributed by atoms with Crippen molar-refractivity contribution in [1.82, 2.24) is 15.0 Å². The van der Waals surface area contributed by atoms with Crippen LogP contribution < -0.4 is 4.74 Å². The molecule has 25 heavy (non-hydrogen) atoms. The molecule has 0 bridgehead atoms. The van der Waals surface area contributed by atoms with Crippen molar-refractivity contribution < 1.29 is 14.1 Å². The van der Waals surface area contributed by atoms with E-state index in [1.807, 2.05) is 29.2 Å². The number of ether oxygens (including phenoxy) is 1. The monoisotopic (exact) mass is 343 g/mol. The van der Waals surface area contributed by atoms with Crippen LogP contribution in [0.25, 0.3) is 11.4 Å². The summed E-state index contributed by atoms with van der Waals surface area (Å²) in [6, 6.07) is 7.85. The topological polar surface area (TPSA) is 68.5 Å². The van der Waals surface area contributed by atoms with Crippen LogP contribution in [0.4, 0.5) is 0 Å². The fourth-order valence-corrected chi connectivity index (χ4v) is 3.37. The van der Waals surface area contributed by atoms with Gasteiger partial charge in [-0.15, -0.1) is 0 Å². The van der Waals surface area contributed by atoms with Gasteiger partial charge in [-0.1, -0.05) is 19.0 Å². The quantitative estimate of drug-likeness (QED) is 0.805. The van der Waals surface area contributed by atoms with Crippen LogP contribution in [0.15, 0.2) is 28.8 Å². The van der Waals surface area contributed by atoms with Gasteiger partial charge in [-0.2, -0.15) is 4.98 Å². The Bertz CT molecular complexity index is 709. The number of rotatable bonds is 6. The van der Waals surface area contributed by atoms with Crippen molar-refractivity contribution in [1.29, 1.82) is 0 Å². The molecule has 0 aliphatic carbocycles. The highest BCUT2D eigenvalue weighted by atomic mass is 16.5. The summed E-state index contributed by atoms with van der Waals surface area (Å²) in [5.41, 5.74) is 0.863. The van der Waals surface area contributed by atoms with E-state index in [2.05, 4.69) is 24.0 Å². The zero-order valence-electron chi connectivity index (χ0n) is 15.1. The number of carbonyl (C=O) groups is 1. The summed E-state index contributed by atoms with van der Waals surface area (Å²) < 4.78 is 10.4. The lowest BCUT2D eigenvalue weighted by atomic mass is 10.0. The molecule has 1 atom stereocenters. The van der Waals surface area contributed by atoms with Gasteiger partial charge in [0.2, 0.25) is 17.6 Å². The smallest absolute Gasteiger partial charge is 0.227 e. The number of benzene rings is 1. The summed E-state index contributed by atoms with van der Waals surface area (Å²) in [4.78, 5) is 18.9. The van der Waals surface area contributed by atoms with Gasteiger partial charge in [0.25, 0.3) is 0 Å². The number of methoxy groups -OCH3 is 1. The number of hydrogen-bond donors (Lipinski definition) is 0. The van der Waals surface area contributed by atoms with Gasteiger partial charge >= 0.3 is 0 Å². The Morgan fingerprint density at radius 2 is 2.12 bits per heavy atom. The van der Waals surface area contributed by atoms with Gasteiger partial charge in [-0.05, 0) is 43.0 Å². The minimum atomic E-state index is 0.181. The van der Waals surface area contributed by atoms with Gasteiger partial charge in [-0.3, -0.25) is 4.79 Å². The molecule has 1 amide bonds. The Hall–Kier alpha value is -2.37. The van der Waals surface area contributed by atoms with E-state index in [0.29, 0.717) is 36.5 Å². The lowest BCUT2D eigenvalue weighted by Crippen LogP contribution is -2.38. The first kappa shape index (κ1) is 17.5. The lowest BCUT2D eigenvalue weighted by molar-refractivity contribution is -0.132. The Morgan fingerprint density at radius 3 is 2.80 bits per heavy atom. The molecule has 0 spiro atoms. The predicted octanol–water partition coefficient (Wildman–Crippen LogP) is 3.32. The Labute approximate surface area is 148 Å². The lowest BCUT2D eigenvalue weighted by Gasteiger charge is -2.27. The van der Waals surface area contributed by atoms with E-state index in [9.17, 15) is 4.79 Å². The SMILES string of the molecule is COc1ccc(-c2noc(CCC(=O)N3CCC[C@H]3C(C)C)n2)cc1. The Morgan fingerprint density at radius 1 is 1.36 bits per heavy atom. The van der Waals surface area contributed by atoms with E-state index in [1.165, 1.54) is 0 Å². The molecule has 0 N–H and O–H groups in total. The average Bonchev–Trinajstić information content (AvgIpc) is 3.29. The molecular weight excluding hydrogens is 318 g/mol. The summed E-state index contributed by atoms with van der Waals surface area (Å²) in [6.45, 7) is 5.22. The molecule has 2 heterocycles. The normalized spacial score (nSPS) is 17.3. The second kappa shape index (κ2) is 7.68. The summed E-state index contributed by atoms with van der Waals surface area (Å²) in [5, 5.41) is 4.01. The first-order valence-electron chi connectivity index (χ1n) is 8.85. The summed E-state index contributed by atoms with van der Waals surface area (Å²) in [5.74, 6) is 2.49. The van der Waals surface area contributed by atoms with E-state index in [4.69, 9.17) is 9.26 Å². The van der Waals surface area contributed by atoms with Crippen molar-refractivity contribution in [2.75, 3.05) is 13.7 Å².